The maximum atomic E-state index is 11.5. The monoisotopic (exact) mass is 193 g/mol. The van der Waals surface area contributed by atoms with Crippen molar-refractivity contribution in [2.24, 2.45) is 0 Å². The molecule has 0 aliphatic rings. The van der Waals surface area contributed by atoms with Crippen molar-refractivity contribution in [3.63, 3.8) is 0 Å². The first-order valence-corrected chi connectivity index (χ1v) is 4.46. The molecular formula is C11H15NO2. The van der Waals surface area contributed by atoms with Gasteiger partial charge in [-0.25, -0.2) is 4.79 Å². The summed E-state index contributed by atoms with van der Waals surface area (Å²) in [7, 11) is 0. The van der Waals surface area contributed by atoms with Crippen molar-refractivity contribution in [3.8, 4) is 0 Å². The zero-order chi connectivity index (χ0) is 10.8. The first kappa shape index (κ1) is 10.6. The molecule has 0 aliphatic heterocycles. The highest BCUT2D eigenvalue weighted by Crippen LogP contribution is 2.10. The number of ether oxygens (including phenoxy) is 1. The Bertz CT molecular complexity index is 344. The molecule has 0 saturated heterocycles. The van der Waals surface area contributed by atoms with E-state index in [1.165, 1.54) is 4.57 Å². The first-order valence-electron chi connectivity index (χ1n) is 4.46. The summed E-state index contributed by atoms with van der Waals surface area (Å²) in [6.07, 6.45) is 4.65. The van der Waals surface area contributed by atoms with E-state index in [2.05, 4.69) is 6.58 Å². The lowest BCUT2D eigenvalue weighted by molar-refractivity contribution is 0.0537. The fraction of sp³-hybridized carbons (Fsp3) is 0.364. The number of hydrogen-bond donors (Lipinski definition) is 0. The zero-order valence-corrected chi connectivity index (χ0v) is 8.78. The van der Waals surface area contributed by atoms with Gasteiger partial charge in [-0.2, -0.15) is 0 Å². The second kappa shape index (κ2) is 3.70. The molecule has 1 aromatic rings. The van der Waals surface area contributed by atoms with E-state index in [-0.39, 0.29) is 6.09 Å². The Morgan fingerprint density at radius 3 is 2.64 bits per heavy atom. The smallest absolute Gasteiger partial charge is 0.418 e. The Hall–Kier alpha value is -1.51. The Balaban J connectivity index is 2.75. The number of rotatable bonds is 1. The maximum absolute atomic E-state index is 11.5. The second-order valence-corrected chi connectivity index (χ2v) is 4.04. The van der Waals surface area contributed by atoms with Crippen LogP contribution in [0.3, 0.4) is 0 Å². The first-order chi connectivity index (χ1) is 6.42. The molecular weight excluding hydrogens is 178 g/mol. The summed E-state index contributed by atoms with van der Waals surface area (Å²) >= 11 is 0. The summed E-state index contributed by atoms with van der Waals surface area (Å²) < 4.78 is 6.58. The number of aromatic nitrogens is 1. The van der Waals surface area contributed by atoms with Crippen LogP contribution >= 0.6 is 0 Å². The molecule has 0 aliphatic carbocycles. The molecule has 76 valence electrons. The zero-order valence-electron chi connectivity index (χ0n) is 8.78. The van der Waals surface area contributed by atoms with Gasteiger partial charge in [0.2, 0.25) is 0 Å². The highest BCUT2D eigenvalue weighted by Gasteiger charge is 2.17. The van der Waals surface area contributed by atoms with Crippen molar-refractivity contribution in [1.82, 2.24) is 4.57 Å². The van der Waals surface area contributed by atoms with Crippen LogP contribution in [0.5, 0.6) is 0 Å². The molecule has 0 saturated carbocycles. The van der Waals surface area contributed by atoms with Crippen LogP contribution in [0.2, 0.25) is 0 Å². The highest BCUT2D eigenvalue weighted by molar-refractivity contribution is 5.72. The molecule has 0 atom stereocenters. The topological polar surface area (TPSA) is 31.2 Å². The number of carbonyl (C=O) groups is 1. The predicted molar refractivity (Wildman–Crippen MR) is 56.2 cm³/mol. The summed E-state index contributed by atoms with van der Waals surface area (Å²) in [5, 5.41) is 0. The van der Waals surface area contributed by atoms with Crippen LogP contribution in [0.4, 0.5) is 4.79 Å². The number of hydrogen-bond acceptors (Lipinski definition) is 2. The molecule has 3 nitrogen and oxygen atoms in total. The Labute approximate surface area is 84.0 Å². The third kappa shape index (κ3) is 2.76. The summed E-state index contributed by atoms with van der Waals surface area (Å²) in [6.45, 7) is 9.12. The normalized spacial score (nSPS) is 11.1. The number of nitrogens with zero attached hydrogens (tertiary/aromatic N) is 1. The molecule has 0 bridgehead atoms. The molecule has 0 N–H and O–H groups in total. The fourth-order valence-electron chi connectivity index (χ4n) is 0.962. The minimum atomic E-state index is -0.463. The summed E-state index contributed by atoms with van der Waals surface area (Å²) in [5.74, 6) is 0. The van der Waals surface area contributed by atoms with Gasteiger partial charge in [-0.15, -0.1) is 0 Å². The Kier molecular flexibility index (Phi) is 2.79. The lowest BCUT2D eigenvalue weighted by Crippen LogP contribution is -2.26. The van der Waals surface area contributed by atoms with Gasteiger partial charge >= 0.3 is 6.09 Å². The predicted octanol–water partition coefficient (Wildman–Crippen LogP) is 2.91. The standard InChI is InChI=1S/C11H15NO2/c1-5-9-6-7-12(8-9)10(13)14-11(2,3)4/h5-8H,1H2,2-4H3. The van der Waals surface area contributed by atoms with Crippen molar-refractivity contribution in [2.75, 3.05) is 0 Å². The van der Waals surface area contributed by atoms with Crippen LogP contribution in [0.25, 0.3) is 6.08 Å². The van der Waals surface area contributed by atoms with Crippen LogP contribution in [-0.4, -0.2) is 16.3 Å². The SMILES string of the molecule is C=Cc1ccn(C(=O)OC(C)(C)C)c1. The van der Waals surface area contributed by atoms with E-state index in [0.717, 1.165) is 5.56 Å². The number of carbonyl (C=O) groups excluding carboxylic acids is 1. The highest BCUT2D eigenvalue weighted by atomic mass is 16.6. The average molecular weight is 193 g/mol. The van der Waals surface area contributed by atoms with E-state index >= 15 is 0 Å². The van der Waals surface area contributed by atoms with Crippen molar-refractivity contribution < 1.29 is 9.53 Å². The van der Waals surface area contributed by atoms with Gasteiger partial charge in [0.05, 0.1) is 0 Å². The van der Waals surface area contributed by atoms with E-state index in [9.17, 15) is 4.79 Å². The lowest BCUT2D eigenvalue weighted by Gasteiger charge is -2.19. The molecule has 0 amide bonds. The van der Waals surface area contributed by atoms with Crippen LogP contribution in [0.1, 0.15) is 26.3 Å². The minimum Gasteiger partial charge on any atom is -0.443 e. The van der Waals surface area contributed by atoms with Gasteiger partial charge in [-0.1, -0.05) is 12.7 Å². The van der Waals surface area contributed by atoms with E-state index in [1.54, 1.807) is 24.5 Å². The average Bonchev–Trinajstić information content (AvgIpc) is 2.48. The van der Waals surface area contributed by atoms with Crippen LogP contribution in [0, 0.1) is 0 Å². The molecule has 3 heteroatoms. The molecule has 14 heavy (non-hydrogen) atoms. The lowest BCUT2D eigenvalue weighted by atomic mass is 10.2. The molecule has 1 aromatic heterocycles. The summed E-state index contributed by atoms with van der Waals surface area (Å²) in [4.78, 5) is 11.5. The molecule has 1 rings (SSSR count). The van der Waals surface area contributed by atoms with Crippen molar-refractivity contribution in [3.05, 3.63) is 30.6 Å². The minimum absolute atomic E-state index is 0.370. The molecule has 0 unspecified atom stereocenters. The summed E-state index contributed by atoms with van der Waals surface area (Å²) in [6, 6.07) is 1.80. The van der Waals surface area contributed by atoms with Crippen LogP contribution in [0.15, 0.2) is 25.0 Å². The Morgan fingerprint density at radius 1 is 1.57 bits per heavy atom. The van der Waals surface area contributed by atoms with Crippen molar-refractivity contribution in [2.45, 2.75) is 26.4 Å². The van der Waals surface area contributed by atoms with Gasteiger partial charge in [-0.3, -0.25) is 4.57 Å². The van der Waals surface area contributed by atoms with Crippen molar-refractivity contribution >= 4 is 12.2 Å². The van der Waals surface area contributed by atoms with Gasteiger partial charge in [0.15, 0.2) is 0 Å². The Morgan fingerprint density at radius 2 is 2.21 bits per heavy atom. The molecule has 0 radical (unpaired) electrons. The third-order valence-corrected chi connectivity index (χ3v) is 1.56. The molecule has 0 spiro atoms. The molecule has 1 heterocycles. The van der Waals surface area contributed by atoms with E-state index in [0.29, 0.717) is 0 Å². The van der Waals surface area contributed by atoms with Crippen molar-refractivity contribution in [1.29, 1.82) is 0 Å². The maximum Gasteiger partial charge on any atom is 0.418 e. The summed E-state index contributed by atoms with van der Waals surface area (Å²) in [5.41, 5.74) is 0.436. The van der Waals surface area contributed by atoms with Crippen LogP contribution < -0.4 is 0 Å². The quantitative estimate of drug-likeness (QED) is 0.686. The van der Waals surface area contributed by atoms with Gasteiger partial charge in [-0.05, 0) is 32.4 Å². The second-order valence-electron chi connectivity index (χ2n) is 4.04. The van der Waals surface area contributed by atoms with E-state index < -0.39 is 5.60 Å². The third-order valence-electron chi connectivity index (χ3n) is 1.56. The van der Waals surface area contributed by atoms with Gasteiger partial charge in [0.1, 0.15) is 5.60 Å². The van der Waals surface area contributed by atoms with E-state index in [4.69, 9.17) is 4.74 Å². The molecule has 0 aromatic carbocycles. The molecule has 0 fully saturated rings. The van der Waals surface area contributed by atoms with Gasteiger partial charge in [0.25, 0.3) is 0 Å². The largest absolute Gasteiger partial charge is 0.443 e. The van der Waals surface area contributed by atoms with Crippen LogP contribution in [-0.2, 0) is 4.74 Å². The van der Waals surface area contributed by atoms with Gasteiger partial charge < -0.3 is 4.74 Å². The van der Waals surface area contributed by atoms with E-state index in [1.807, 2.05) is 20.8 Å². The van der Waals surface area contributed by atoms with Gasteiger partial charge in [0, 0.05) is 12.4 Å². The fourth-order valence-corrected chi connectivity index (χ4v) is 0.962.